The van der Waals surface area contributed by atoms with Crippen molar-refractivity contribution in [3.63, 3.8) is 0 Å². The molecule has 1 aromatic rings. The van der Waals surface area contributed by atoms with E-state index < -0.39 is 4.92 Å². The fraction of sp³-hybridized carbons (Fsp3) is 0.462. The van der Waals surface area contributed by atoms with Gasteiger partial charge in [-0.2, -0.15) is 0 Å². The molecule has 1 aromatic carbocycles. The van der Waals surface area contributed by atoms with Crippen molar-refractivity contribution < 1.29 is 14.5 Å². The topological polar surface area (TPSA) is 93.5 Å². The number of nitrogens with zero attached hydrogens (tertiary/aromatic N) is 1. The standard InChI is InChI=1S/C13H19N3O4/c1-9(2)15-13(17)8-14-7-10-4-5-12(20-3)11(6-10)16(18)19/h4-6,9,14H,7-8H2,1-3H3,(H,15,17). The van der Waals surface area contributed by atoms with Crippen molar-refractivity contribution in [1.29, 1.82) is 0 Å². The first kappa shape index (κ1) is 15.9. The van der Waals surface area contributed by atoms with Crippen LogP contribution in [0.4, 0.5) is 5.69 Å². The second kappa shape index (κ2) is 7.44. The SMILES string of the molecule is COc1ccc(CNCC(=O)NC(C)C)cc1[N+](=O)[O-]. The third-order valence-corrected chi connectivity index (χ3v) is 2.50. The van der Waals surface area contributed by atoms with Crippen LogP contribution in [0.25, 0.3) is 0 Å². The largest absolute Gasteiger partial charge is 0.490 e. The minimum absolute atomic E-state index is 0.0848. The smallest absolute Gasteiger partial charge is 0.311 e. The molecule has 0 bridgehead atoms. The van der Waals surface area contributed by atoms with E-state index >= 15 is 0 Å². The summed E-state index contributed by atoms with van der Waals surface area (Å²) in [5, 5.41) is 16.6. The van der Waals surface area contributed by atoms with Gasteiger partial charge < -0.3 is 15.4 Å². The lowest BCUT2D eigenvalue weighted by atomic mass is 10.2. The van der Waals surface area contributed by atoms with Crippen LogP contribution in [-0.2, 0) is 11.3 Å². The highest BCUT2D eigenvalue weighted by Crippen LogP contribution is 2.27. The molecule has 7 nitrogen and oxygen atoms in total. The van der Waals surface area contributed by atoms with Crippen LogP contribution < -0.4 is 15.4 Å². The first-order chi connectivity index (χ1) is 9.43. The number of hydrogen-bond donors (Lipinski definition) is 2. The predicted octanol–water partition coefficient (Wildman–Crippen LogP) is 1.22. The van der Waals surface area contributed by atoms with E-state index in [0.717, 1.165) is 5.56 Å². The number of carbonyl (C=O) groups excluding carboxylic acids is 1. The molecule has 1 rings (SSSR count). The van der Waals surface area contributed by atoms with Crippen molar-refractivity contribution >= 4 is 11.6 Å². The quantitative estimate of drug-likeness (QED) is 0.579. The van der Waals surface area contributed by atoms with E-state index in [1.807, 2.05) is 13.8 Å². The summed E-state index contributed by atoms with van der Waals surface area (Å²) >= 11 is 0. The van der Waals surface area contributed by atoms with Crippen LogP contribution in [0.3, 0.4) is 0 Å². The van der Waals surface area contributed by atoms with E-state index in [4.69, 9.17) is 4.74 Å². The van der Waals surface area contributed by atoms with Gasteiger partial charge in [-0.25, -0.2) is 0 Å². The van der Waals surface area contributed by atoms with Crippen molar-refractivity contribution in [3.8, 4) is 5.75 Å². The molecule has 0 aliphatic rings. The van der Waals surface area contributed by atoms with Crippen molar-refractivity contribution in [3.05, 3.63) is 33.9 Å². The maximum absolute atomic E-state index is 11.4. The molecule has 0 aliphatic heterocycles. The van der Waals surface area contributed by atoms with Gasteiger partial charge in [0.2, 0.25) is 5.91 Å². The number of nitro groups is 1. The molecule has 110 valence electrons. The van der Waals surface area contributed by atoms with Crippen molar-refractivity contribution in [2.24, 2.45) is 0 Å². The Bertz CT molecular complexity index is 489. The molecular formula is C13H19N3O4. The maximum atomic E-state index is 11.4. The van der Waals surface area contributed by atoms with E-state index in [-0.39, 0.29) is 29.9 Å². The summed E-state index contributed by atoms with van der Waals surface area (Å²) < 4.78 is 4.92. The van der Waals surface area contributed by atoms with Crippen LogP contribution in [0.2, 0.25) is 0 Å². The van der Waals surface area contributed by atoms with Gasteiger partial charge in [-0.3, -0.25) is 14.9 Å². The lowest BCUT2D eigenvalue weighted by molar-refractivity contribution is -0.385. The van der Waals surface area contributed by atoms with Gasteiger partial charge in [0.25, 0.3) is 0 Å². The van der Waals surface area contributed by atoms with Gasteiger partial charge in [0.05, 0.1) is 18.6 Å². The number of ether oxygens (including phenoxy) is 1. The fourth-order valence-corrected chi connectivity index (χ4v) is 1.68. The molecule has 0 aliphatic carbocycles. The maximum Gasteiger partial charge on any atom is 0.311 e. The summed E-state index contributed by atoms with van der Waals surface area (Å²) in [6, 6.07) is 4.79. The van der Waals surface area contributed by atoms with Crippen LogP contribution >= 0.6 is 0 Å². The Morgan fingerprint density at radius 1 is 1.45 bits per heavy atom. The third kappa shape index (κ3) is 4.85. The average molecular weight is 281 g/mol. The van der Waals surface area contributed by atoms with Gasteiger partial charge in [0.15, 0.2) is 5.75 Å². The summed E-state index contributed by atoms with van der Waals surface area (Å²) in [6.07, 6.45) is 0. The van der Waals surface area contributed by atoms with Crippen LogP contribution in [0.15, 0.2) is 18.2 Å². The highest BCUT2D eigenvalue weighted by molar-refractivity contribution is 5.78. The molecule has 0 unspecified atom stereocenters. The zero-order valence-electron chi connectivity index (χ0n) is 11.8. The van der Waals surface area contributed by atoms with E-state index in [2.05, 4.69) is 10.6 Å². The zero-order valence-corrected chi connectivity index (χ0v) is 11.8. The van der Waals surface area contributed by atoms with Gasteiger partial charge in [-0.05, 0) is 25.5 Å². The molecule has 0 saturated heterocycles. The first-order valence-corrected chi connectivity index (χ1v) is 6.25. The fourth-order valence-electron chi connectivity index (χ4n) is 1.68. The second-order valence-corrected chi connectivity index (χ2v) is 4.59. The number of carbonyl (C=O) groups is 1. The lowest BCUT2D eigenvalue weighted by Crippen LogP contribution is -2.37. The molecule has 0 atom stereocenters. The van der Waals surface area contributed by atoms with Crippen molar-refractivity contribution in [1.82, 2.24) is 10.6 Å². The lowest BCUT2D eigenvalue weighted by Gasteiger charge is -2.09. The van der Waals surface area contributed by atoms with Crippen molar-refractivity contribution in [2.45, 2.75) is 26.4 Å². The van der Waals surface area contributed by atoms with Crippen LogP contribution in [0.1, 0.15) is 19.4 Å². The van der Waals surface area contributed by atoms with Gasteiger partial charge in [-0.15, -0.1) is 0 Å². The second-order valence-electron chi connectivity index (χ2n) is 4.59. The molecular weight excluding hydrogens is 262 g/mol. The normalized spacial score (nSPS) is 10.4. The van der Waals surface area contributed by atoms with E-state index in [9.17, 15) is 14.9 Å². The Morgan fingerprint density at radius 3 is 2.70 bits per heavy atom. The van der Waals surface area contributed by atoms with E-state index in [1.165, 1.54) is 13.2 Å². The molecule has 0 fully saturated rings. The Labute approximate surface area is 117 Å². The number of amides is 1. The summed E-state index contributed by atoms with van der Waals surface area (Å²) in [7, 11) is 1.39. The van der Waals surface area contributed by atoms with Gasteiger partial charge in [0.1, 0.15) is 0 Å². The number of nitrogens with one attached hydrogen (secondary N) is 2. The van der Waals surface area contributed by atoms with Crippen LogP contribution in [0.5, 0.6) is 5.75 Å². The highest BCUT2D eigenvalue weighted by atomic mass is 16.6. The number of nitro benzene ring substituents is 1. The number of rotatable bonds is 7. The van der Waals surface area contributed by atoms with E-state index in [0.29, 0.717) is 6.54 Å². The van der Waals surface area contributed by atoms with Gasteiger partial charge >= 0.3 is 5.69 Å². The van der Waals surface area contributed by atoms with Gasteiger partial charge in [-0.1, -0.05) is 6.07 Å². The molecule has 0 spiro atoms. The number of methoxy groups -OCH3 is 1. The highest BCUT2D eigenvalue weighted by Gasteiger charge is 2.15. The average Bonchev–Trinajstić information content (AvgIpc) is 2.37. The first-order valence-electron chi connectivity index (χ1n) is 6.25. The summed E-state index contributed by atoms with van der Waals surface area (Å²) in [6.45, 7) is 4.30. The Balaban J connectivity index is 2.59. The monoisotopic (exact) mass is 281 g/mol. The molecule has 0 radical (unpaired) electrons. The van der Waals surface area contributed by atoms with Crippen LogP contribution in [-0.4, -0.2) is 30.5 Å². The predicted molar refractivity (Wildman–Crippen MR) is 74.6 cm³/mol. The summed E-state index contributed by atoms with van der Waals surface area (Å²) in [5.74, 6) is 0.110. The summed E-state index contributed by atoms with van der Waals surface area (Å²) in [4.78, 5) is 21.8. The Morgan fingerprint density at radius 2 is 2.15 bits per heavy atom. The Hall–Kier alpha value is -2.15. The van der Waals surface area contributed by atoms with Crippen molar-refractivity contribution in [2.75, 3.05) is 13.7 Å². The number of benzene rings is 1. The number of hydrogen-bond acceptors (Lipinski definition) is 5. The molecule has 20 heavy (non-hydrogen) atoms. The van der Waals surface area contributed by atoms with E-state index in [1.54, 1.807) is 12.1 Å². The molecule has 1 amide bonds. The Kier molecular flexibility index (Phi) is 5.92. The third-order valence-electron chi connectivity index (χ3n) is 2.50. The van der Waals surface area contributed by atoms with Gasteiger partial charge in [0, 0.05) is 18.7 Å². The molecule has 7 heteroatoms. The molecule has 0 saturated carbocycles. The molecule has 0 heterocycles. The van der Waals surface area contributed by atoms with Crippen LogP contribution in [0, 0.1) is 10.1 Å². The minimum Gasteiger partial charge on any atom is -0.490 e. The minimum atomic E-state index is -0.492. The summed E-state index contributed by atoms with van der Waals surface area (Å²) in [5.41, 5.74) is 0.633. The molecule has 2 N–H and O–H groups in total. The zero-order chi connectivity index (χ0) is 15.1. The molecule has 0 aromatic heterocycles.